The van der Waals surface area contributed by atoms with Gasteiger partial charge in [-0.05, 0) is 87.6 Å². The summed E-state index contributed by atoms with van der Waals surface area (Å²) in [4.78, 5) is 29.3. The van der Waals surface area contributed by atoms with Crippen LogP contribution in [0.5, 0.6) is 0 Å². The summed E-state index contributed by atoms with van der Waals surface area (Å²) in [6.45, 7) is 9.81. The fourth-order valence-corrected chi connectivity index (χ4v) is 6.00. The Morgan fingerprint density at radius 2 is 1.56 bits per heavy atom. The van der Waals surface area contributed by atoms with Gasteiger partial charge in [-0.15, -0.1) is 0 Å². The van der Waals surface area contributed by atoms with Crippen molar-refractivity contribution in [1.82, 2.24) is 10.2 Å². The van der Waals surface area contributed by atoms with Crippen LogP contribution in [0.1, 0.15) is 55.9 Å². The molecule has 0 fully saturated rings. The number of hydrogen-bond donors (Lipinski definition) is 1. The maximum Gasteiger partial charge on any atom is 0.243 e. The van der Waals surface area contributed by atoms with Crippen molar-refractivity contribution in [3.8, 4) is 0 Å². The highest BCUT2D eigenvalue weighted by atomic mass is 35.5. The Labute approximate surface area is 266 Å². The van der Waals surface area contributed by atoms with Crippen molar-refractivity contribution in [3.63, 3.8) is 0 Å². The molecule has 0 heterocycles. The SMILES string of the molecule is Cc1ccc(N(CCCC(=O)N(Cc2ccc(Cl)c(Cl)c2)C(Cc2ccccc2)C(=O)NC(C)(C)C)S(C)(=O)=O)cc1C. The van der Waals surface area contributed by atoms with E-state index in [1.165, 1.54) is 4.31 Å². The smallest absolute Gasteiger partial charge is 0.243 e. The van der Waals surface area contributed by atoms with Crippen molar-refractivity contribution in [2.75, 3.05) is 17.1 Å². The molecule has 0 saturated carbocycles. The number of nitrogens with one attached hydrogen (secondary N) is 1. The maximum atomic E-state index is 14.0. The summed E-state index contributed by atoms with van der Waals surface area (Å²) in [6, 6.07) is 19.3. The van der Waals surface area contributed by atoms with Gasteiger partial charge in [0, 0.05) is 31.5 Å². The van der Waals surface area contributed by atoms with Crippen LogP contribution in [0.15, 0.2) is 66.7 Å². The van der Waals surface area contributed by atoms with Crippen molar-refractivity contribution in [3.05, 3.63) is 99.0 Å². The minimum absolute atomic E-state index is 0.0340. The molecular weight excluding hydrogens is 605 g/mol. The average molecular weight is 647 g/mol. The van der Waals surface area contributed by atoms with Crippen LogP contribution in [0.2, 0.25) is 10.0 Å². The third-order valence-corrected chi connectivity index (χ3v) is 8.97. The van der Waals surface area contributed by atoms with E-state index >= 15 is 0 Å². The summed E-state index contributed by atoms with van der Waals surface area (Å²) in [7, 11) is -3.60. The van der Waals surface area contributed by atoms with E-state index in [1.54, 1.807) is 29.2 Å². The average Bonchev–Trinajstić information content (AvgIpc) is 2.91. The molecule has 3 aromatic carbocycles. The minimum atomic E-state index is -3.60. The van der Waals surface area contributed by atoms with Gasteiger partial charge < -0.3 is 10.2 Å². The van der Waals surface area contributed by atoms with Crippen LogP contribution in [0.4, 0.5) is 5.69 Å². The molecule has 3 aromatic rings. The highest BCUT2D eigenvalue weighted by Crippen LogP contribution is 2.26. The van der Waals surface area contributed by atoms with E-state index in [4.69, 9.17) is 23.2 Å². The fourth-order valence-electron chi connectivity index (χ4n) is 4.73. The highest BCUT2D eigenvalue weighted by Gasteiger charge is 2.32. The first kappa shape index (κ1) is 34.4. The van der Waals surface area contributed by atoms with Crippen LogP contribution in [-0.2, 0) is 32.6 Å². The van der Waals surface area contributed by atoms with Crippen LogP contribution in [-0.4, -0.2) is 49.5 Å². The molecule has 0 aliphatic carbocycles. The Bertz CT molecular complexity index is 1540. The second kappa shape index (κ2) is 14.6. The molecule has 1 unspecified atom stereocenters. The first-order chi connectivity index (χ1) is 20.0. The van der Waals surface area contributed by atoms with E-state index in [1.807, 2.05) is 77.1 Å². The van der Waals surface area contributed by atoms with Crippen LogP contribution in [0, 0.1) is 13.8 Å². The second-order valence-corrected chi connectivity index (χ2v) is 14.6. The number of rotatable bonds is 12. The normalized spacial score (nSPS) is 12.5. The molecular formula is C33H41Cl2N3O4S. The van der Waals surface area contributed by atoms with Gasteiger partial charge in [0.1, 0.15) is 6.04 Å². The Hall–Kier alpha value is -3.07. The van der Waals surface area contributed by atoms with E-state index in [0.717, 1.165) is 28.5 Å². The monoisotopic (exact) mass is 645 g/mol. The van der Waals surface area contributed by atoms with Gasteiger partial charge in [-0.2, -0.15) is 0 Å². The Balaban J connectivity index is 1.93. The van der Waals surface area contributed by atoms with Gasteiger partial charge in [0.05, 0.1) is 22.0 Å². The van der Waals surface area contributed by atoms with Gasteiger partial charge in [0.15, 0.2) is 0 Å². The molecule has 0 aliphatic heterocycles. The summed E-state index contributed by atoms with van der Waals surface area (Å²) in [5, 5.41) is 3.78. The Morgan fingerprint density at radius 1 is 0.884 bits per heavy atom. The van der Waals surface area contributed by atoms with Crippen molar-refractivity contribution < 1.29 is 18.0 Å². The first-order valence-corrected chi connectivity index (χ1v) is 16.8. The van der Waals surface area contributed by atoms with E-state index < -0.39 is 21.6 Å². The Kier molecular flexibility index (Phi) is 11.7. The number of halogens is 2. The van der Waals surface area contributed by atoms with Crippen molar-refractivity contribution >= 4 is 50.7 Å². The molecule has 0 spiro atoms. The summed E-state index contributed by atoms with van der Waals surface area (Å²) >= 11 is 12.4. The van der Waals surface area contributed by atoms with Crippen molar-refractivity contribution in [1.29, 1.82) is 0 Å². The molecule has 2 amide bonds. The number of benzene rings is 3. The van der Waals surface area contributed by atoms with Crippen molar-refractivity contribution in [2.24, 2.45) is 0 Å². The van der Waals surface area contributed by atoms with E-state index in [2.05, 4.69) is 5.32 Å². The van der Waals surface area contributed by atoms with Crippen LogP contribution >= 0.6 is 23.2 Å². The summed E-state index contributed by atoms with van der Waals surface area (Å²) in [5.74, 6) is -0.553. The van der Waals surface area contributed by atoms with Crippen LogP contribution in [0.25, 0.3) is 0 Å². The topological polar surface area (TPSA) is 86.8 Å². The standard InChI is InChI=1S/C33H41Cl2N3O4S/c1-23-14-16-27(19-24(23)2)38(43(6,41)42)18-10-13-31(39)37(22-26-15-17-28(34)29(35)20-26)30(32(40)36-33(3,4)5)21-25-11-8-7-9-12-25/h7-9,11-12,14-17,19-20,30H,10,13,18,21-22H2,1-6H3,(H,36,40). The van der Waals surface area contributed by atoms with Gasteiger partial charge >= 0.3 is 0 Å². The number of carbonyl (C=O) groups is 2. The molecule has 0 saturated heterocycles. The molecule has 0 radical (unpaired) electrons. The number of carbonyl (C=O) groups excluding carboxylic acids is 2. The molecule has 7 nitrogen and oxygen atoms in total. The molecule has 10 heteroatoms. The zero-order chi connectivity index (χ0) is 31.9. The van der Waals surface area contributed by atoms with Crippen molar-refractivity contribution in [2.45, 2.75) is 72.0 Å². The predicted molar refractivity (Wildman–Crippen MR) is 176 cm³/mol. The number of sulfonamides is 1. The van der Waals surface area contributed by atoms with Gasteiger partial charge in [-0.25, -0.2) is 8.42 Å². The first-order valence-electron chi connectivity index (χ1n) is 14.2. The van der Waals surface area contributed by atoms with Crippen LogP contribution in [0.3, 0.4) is 0 Å². The van der Waals surface area contributed by atoms with Gasteiger partial charge in [-0.3, -0.25) is 13.9 Å². The fraction of sp³-hybridized carbons (Fsp3) is 0.394. The molecule has 0 bridgehead atoms. The molecule has 0 aliphatic rings. The number of nitrogens with zero attached hydrogens (tertiary/aromatic N) is 2. The number of aryl methyl sites for hydroxylation is 2. The van der Waals surface area contributed by atoms with Crippen LogP contribution < -0.4 is 9.62 Å². The Morgan fingerprint density at radius 3 is 2.14 bits per heavy atom. The third kappa shape index (κ3) is 10.3. The molecule has 3 rings (SSSR count). The highest BCUT2D eigenvalue weighted by molar-refractivity contribution is 7.92. The summed E-state index contributed by atoms with van der Waals surface area (Å²) in [5.41, 5.74) is 3.69. The third-order valence-electron chi connectivity index (χ3n) is 7.04. The lowest BCUT2D eigenvalue weighted by Crippen LogP contribution is -2.54. The largest absolute Gasteiger partial charge is 0.350 e. The minimum Gasteiger partial charge on any atom is -0.350 e. The second-order valence-electron chi connectivity index (χ2n) is 11.9. The molecule has 1 atom stereocenters. The van der Waals surface area contributed by atoms with E-state index in [-0.39, 0.29) is 37.7 Å². The predicted octanol–water partition coefficient (Wildman–Crippen LogP) is 6.71. The lowest BCUT2D eigenvalue weighted by atomic mass is 10.00. The molecule has 0 aromatic heterocycles. The van der Waals surface area contributed by atoms with Gasteiger partial charge in [-0.1, -0.05) is 65.7 Å². The van der Waals surface area contributed by atoms with E-state index in [0.29, 0.717) is 22.2 Å². The maximum absolute atomic E-state index is 14.0. The molecule has 232 valence electrons. The van der Waals surface area contributed by atoms with Gasteiger partial charge in [0.2, 0.25) is 21.8 Å². The molecule has 43 heavy (non-hydrogen) atoms. The lowest BCUT2D eigenvalue weighted by Gasteiger charge is -2.34. The quantitative estimate of drug-likeness (QED) is 0.237. The number of anilines is 1. The zero-order valence-electron chi connectivity index (χ0n) is 25.7. The summed E-state index contributed by atoms with van der Waals surface area (Å²) < 4.78 is 26.8. The number of hydrogen-bond acceptors (Lipinski definition) is 4. The number of amides is 2. The molecule has 1 N–H and O–H groups in total. The lowest BCUT2D eigenvalue weighted by molar-refractivity contribution is -0.142. The zero-order valence-corrected chi connectivity index (χ0v) is 28.0. The van der Waals surface area contributed by atoms with E-state index in [9.17, 15) is 18.0 Å². The van der Waals surface area contributed by atoms with Gasteiger partial charge in [0.25, 0.3) is 0 Å². The summed E-state index contributed by atoms with van der Waals surface area (Å²) in [6.07, 6.45) is 1.75.